The summed E-state index contributed by atoms with van der Waals surface area (Å²) in [6.07, 6.45) is 1.21. The van der Waals surface area contributed by atoms with Crippen molar-refractivity contribution in [2.24, 2.45) is 0 Å². The van der Waals surface area contributed by atoms with Crippen LogP contribution in [0.1, 0.15) is 52.7 Å². The molecule has 0 bridgehead atoms. The first kappa shape index (κ1) is 27.7. The number of carbonyl (C=O) groups is 2. The van der Waals surface area contributed by atoms with Crippen LogP contribution in [0.25, 0.3) is 12.2 Å². The summed E-state index contributed by atoms with van der Waals surface area (Å²) in [5.74, 6) is 0.552. The summed E-state index contributed by atoms with van der Waals surface area (Å²) in [5, 5.41) is 2.13. The monoisotopic (exact) mass is 502 g/mol. The van der Waals surface area contributed by atoms with E-state index in [1.807, 2.05) is 0 Å². The normalized spacial score (nSPS) is 12.5. The third-order valence-corrected chi connectivity index (χ3v) is 4.87. The Morgan fingerprint density at radius 3 is 1.23 bits per heavy atom. The van der Waals surface area contributed by atoms with Crippen molar-refractivity contribution >= 4 is 34.3 Å². The maximum Gasteiger partial charge on any atom is 0.514 e. The summed E-state index contributed by atoms with van der Waals surface area (Å²) in [7, 11) is -3.65. The smallest absolute Gasteiger partial charge is 0.428 e. The van der Waals surface area contributed by atoms with Crippen molar-refractivity contribution in [3.05, 3.63) is 70.5 Å². The third kappa shape index (κ3) is 11.4. The average Bonchev–Trinajstić information content (AvgIpc) is 2.70. The van der Waals surface area contributed by atoms with E-state index >= 15 is 0 Å². The summed E-state index contributed by atoms with van der Waals surface area (Å²) in [6, 6.07) is 12.6. The van der Waals surface area contributed by atoms with Crippen LogP contribution >= 0.6 is 0 Å². The molecule has 0 saturated heterocycles. The Kier molecular flexibility index (Phi) is 8.87. The molecule has 0 saturated carbocycles. The van der Waals surface area contributed by atoms with Crippen molar-refractivity contribution in [2.75, 3.05) is 0 Å². The van der Waals surface area contributed by atoms with E-state index in [2.05, 4.69) is 0 Å². The number of sulfone groups is 1. The van der Waals surface area contributed by atoms with Crippen molar-refractivity contribution in [1.29, 1.82) is 0 Å². The number of ether oxygens (including phenoxy) is 4. The molecule has 0 N–H and O–H groups in total. The summed E-state index contributed by atoms with van der Waals surface area (Å²) >= 11 is 0. The van der Waals surface area contributed by atoms with Gasteiger partial charge in [0.2, 0.25) is 0 Å². The van der Waals surface area contributed by atoms with Crippen molar-refractivity contribution in [2.45, 2.75) is 52.7 Å². The fraction of sp³-hybridized carbons (Fsp3) is 0.308. The van der Waals surface area contributed by atoms with Gasteiger partial charge in [-0.2, -0.15) is 0 Å². The Bertz CT molecular complexity index is 1090. The van der Waals surface area contributed by atoms with Gasteiger partial charge < -0.3 is 18.9 Å². The maximum atomic E-state index is 12.3. The Morgan fingerprint density at radius 1 is 0.629 bits per heavy atom. The second-order valence-electron chi connectivity index (χ2n) is 9.47. The van der Waals surface area contributed by atoms with E-state index < -0.39 is 33.4 Å². The van der Waals surface area contributed by atoms with Gasteiger partial charge >= 0.3 is 12.3 Å². The summed E-state index contributed by atoms with van der Waals surface area (Å²) < 4.78 is 45.0. The summed E-state index contributed by atoms with van der Waals surface area (Å²) in [6.45, 7) is 10.4. The zero-order valence-electron chi connectivity index (χ0n) is 20.6. The first-order valence-electron chi connectivity index (χ1n) is 10.7. The molecular formula is C26H30O8S. The van der Waals surface area contributed by atoms with Gasteiger partial charge in [-0.25, -0.2) is 18.0 Å². The predicted octanol–water partition coefficient (Wildman–Crippen LogP) is 6.37. The lowest BCUT2D eigenvalue weighted by atomic mass is 10.2. The number of carbonyl (C=O) groups excluding carboxylic acids is 2. The third-order valence-electron chi connectivity index (χ3n) is 3.84. The molecule has 0 aromatic heterocycles. The highest BCUT2D eigenvalue weighted by atomic mass is 32.2. The molecule has 0 unspecified atom stereocenters. The van der Waals surface area contributed by atoms with Crippen LogP contribution in [0, 0.1) is 0 Å². The predicted molar refractivity (Wildman–Crippen MR) is 134 cm³/mol. The standard InChI is InChI=1S/C26H30O8S/c1-25(2,3)33-23(27)31-21-11-7-19(8-12-21)15-17-35(29,30)18-16-20-9-13-22(14-10-20)32-24(28)34-26(4,5)6/h7-18H,1-6H3. The molecule has 0 radical (unpaired) electrons. The van der Waals surface area contributed by atoms with E-state index in [1.54, 1.807) is 65.8 Å². The van der Waals surface area contributed by atoms with Crippen LogP contribution in [0.4, 0.5) is 9.59 Å². The highest BCUT2D eigenvalue weighted by Gasteiger charge is 2.18. The summed E-state index contributed by atoms with van der Waals surface area (Å²) in [5.41, 5.74) is -0.140. The van der Waals surface area contributed by atoms with E-state index in [4.69, 9.17) is 18.9 Å². The minimum atomic E-state index is -3.65. The van der Waals surface area contributed by atoms with Crippen molar-refractivity contribution in [1.82, 2.24) is 0 Å². The van der Waals surface area contributed by atoms with Gasteiger partial charge in [0, 0.05) is 10.8 Å². The Hall–Kier alpha value is -3.59. The minimum absolute atomic E-state index is 0.276. The van der Waals surface area contributed by atoms with E-state index in [0.717, 1.165) is 10.8 Å². The van der Waals surface area contributed by atoms with Crippen LogP contribution in [0.2, 0.25) is 0 Å². The van der Waals surface area contributed by atoms with Gasteiger partial charge in [0.25, 0.3) is 0 Å². The SMILES string of the molecule is CC(C)(C)OC(=O)Oc1ccc(C=CS(=O)(=O)C=Cc2ccc(OC(=O)OC(C)(C)C)cc2)cc1. The van der Waals surface area contributed by atoms with Gasteiger partial charge in [-0.3, -0.25) is 0 Å². The second-order valence-corrected chi connectivity index (χ2v) is 11.2. The van der Waals surface area contributed by atoms with Gasteiger partial charge in [-0.1, -0.05) is 24.3 Å². The molecule has 0 heterocycles. The minimum Gasteiger partial charge on any atom is -0.428 e. The lowest BCUT2D eigenvalue weighted by molar-refractivity contribution is 0.0193. The fourth-order valence-electron chi connectivity index (χ4n) is 2.42. The van der Waals surface area contributed by atoms with Gasteiger partial charge in [-0.05, 0) is 89.1 Å². The van der Waals surface area contributed by atoms with Gasteiger partial charge in [0.05, 0.1) is 0 Å². The van der Waals surface area contributed by atoms with E-state index in [1.165, 1.54) is 36.4 Å². The molecule has 9 heteroatoms. The van der Waals surface area contributed by atoms with Gasteiger partial charge in [0.15, 0.2) is 9.84 Å². The average molecular weight is 503 g/mol. The van der Waals surface area contributed by atoms with Crippen LogP contribution in [-0.2, 0) is 19.3 Å². The molecule has 188 valence electrons. The number of rotatable bonds is 6. The quantitative estimate of drug-likeness (QED) is 0.331. The van der Waals surface area contributed by atoms with E-state index in [9.17, 15) is 18.0 Å². The zero-order valence-corrected chi connectivity index (χ0v) is 21.4. The van der Waals surface area contributed by atoms with Crippen LogP contribution in [-0.4, -0.2) is 31.9 Å². The lowest BCUT2D eigenvalue weighted by Crippen LogP contribution is -2.25. The molecule has 0 spiro atoms. The molecule has 0 aliphatic rings. The zero-order chi connectivity index (χ0) is 26.3. The number of hydrogen-bond acceptors (Lipinski definition) is 8. The summed E-state index contributed by atoms with van der Waals surface area (Å²) in [4.78, 5) is 23.4. The molecule has 2 rings (SSSR count). The van der Waals surface area contributed by atoms with Gasteiger partial charge in [-0.15, -0.1) is 0 Å². The van der Waals surface area contributed by atoms with Crippen LogP contribution in [0.3, 0.4) is 0 Å². The highest BCUT2D eigenvalue weighted by molar-refractivity contribution is 7.97. The van der Waals surface area contributed by atoms with Gasteiger partial charge in [0.1, 0.15) is 22.7 Å². The molecule has 0 atom stereocenters. The lowest BCUT2D eigenvalue weighted by Gasteiger charge is -2.18. The highest BCUT2D eigenvalue weighted by Crippen LogP contribution is 2.18. The van der Waals surface area contributed by atoms with Crippen molar-refractivity contribution < 1.29 is 37.0 Å². The second kappa shape index (κ2) is 11.2. The molecule has 35 heavy (non-hydrogen) atoms. The van der Waals surface area contributed by atoms with E-state index in [0.29, 0.717) is 11.1 Å². The Morgan fingerprint density at radius 2 is 0.943 bits per heavy atom. The topological polar surface area (TPSA) is 105 Å². The molecular weight excluding hydrogens is 472 g/mol. The first-order chi connectivity index (χ1) is 16.1. The Labute approximate surface area is 206 Å². The van der Waals surface area contributed by atoms with Crippen LogP contribution < -0.4 is 9.47 Å². The molecule has 0 aliphatic carbocycles. The largest absolute Gasteiger partial charge is 0.514 e. The Balaban J connectivity index is 1.95. The molecule has 2 aromatic carbocycles. The van der Waals surface area contributed by atoms with Crippen LogP contribution in [0.15, 0.2) is 59.3 Å². The molecule has 8 nitrogen and oxygen atoms in total. The van der Waals surface area contributed by atoms with Crippen molar-refractivity contribution in [3.63, 3.8) is 0 Å². The number of hydrogen-bond donors (Lipinski definition) is 0. The van der Waals surface area contributed by atoms with Crippen LogP contribution in [0.5, 0.6) is 11.5 Å². The molecule has 0 amide bonds. The fourth-order valence-corrected chi connectivity index (χ4v) is 3.20. The molecule has 0 fully saturated rings. The maximum absolute atomic E-state index is 12.3. The van der Waals surface area contributed by atoms with Crippen molar-refractivity contribution in [3.8, 4) is 11.5 Å². The number of benzene rings is 2. The first-order valence-corrected chi connectivity index (χ1v) is 12.3. The molecule has 0 aliphatic heterocycles. The van der Waals surface area contributed by atoms with E-state index in [-0.39, 0.29) is 11.5 Å². The molecule has 2 aromatic rings.